The zero-order valence-corrected chi connectivity index (χ0v) is 11.5. The first kappa shape index (κ1) is 13.8. The lowest BCUT2D eigenvalue weighted by molar-refractivity contribution is 0.0931. The first-order valence-corrected chi connectivity index (χ1v) is 6.25. The van der Waals surface area contributed by atoms with Gasteiger partial charge in [-0.25, -0.2) is 0 Å². The van der Waals surface area contributed by atoms with E-state index in [1.54, 1.807) is 12.1 Å². The summed E-state index contributed by atoms with van der Waals surface area (Å²) in [7, 11) is 3.94. The van der Waals surface area contributed by atoms with E-state index in [0.29, 0.717) is 5.76 Å². The molecule has 4 heteroatoms. The number of hydrogen-bond acceptors (Lipinski definition) is 3. The highest BCUT2D eigenvalue weighted by Crippen LogP contribution is 2.16. The maximum Gasteiger partial charge on any atom is 0.287 e. The van der Waals surface area contributed by atoms with Crippen molar-refractivity contribution < 1.29 is 9.21 Å². The smallest absolute Gasteiger partial charge is 0.287 e. The summed E-state index contributed by atoms with van der Waals surface area (Å²) in [5, 5.41) is 2.68. The Morgan fingerprint density at radius 1 is 1.25 bits per heavy atom. The van der Waals surface area contributed by atoms with Crippen molar-refractivity contribution in [1.29, 1.82) is 0 Å². The number of para-hydroxylation sites is 1. The summed E-state index contributed by atoms with van der Waals surface area (Å²) in [5.41, 5.74) is 1.99. The fraction of sp³-hybridized carbons (Fsp3) is 0.188. The van der Waals surface area contributed by atoms with E-state index >= 15 is 0 Å². The molecule has 0 aliphatic rings. The molecule has 1 aromatic carbocycles. The Labute approximate surface area is 118 Å². The Morgan fingerprint density at radius 2 is 2.05 bits per heavy atom. The van der Waals surface area contributed by atoms with Crippen LogP contribution in [-0.2, 0) is 0 Å². The van der Waals surface area contributed by atoms with Crippen molar-refractivity contribution in [2.75, 3.05) is 25.5 Å². The summed E-state index contributed by atoms with van der Waals surface area (Å²) in [5.74, 6) is 6.03. The zero-order valence-electron chi connectivity index (χ0n) is 11.5. The minimum Gasteiger partial charge on any atom is -0.459 e. The van der Waals surface area contributed by atoms with Crippen molar-refractivity contribution >= 4 is 11.6 Å². The van der Waals surface area contributed by atoms with Crippen molar-refractivity contribution in [2.45, 2.75) is 0 Å². The SMILES string of the molecule is CN(C)c1ccccc1C#CCNC(=O)c1ccco1. The molecular weight excluding hydrogens is 252 g/mol. The lowest BCUT2D eigenvalue weighted by Crippen LogP contribution is -2.23. The molecule has 0 saturated heterocycles. The standard InChI is InChI=1S/C16H16N2O2/c1-18(2)14-9-4-3-7-13(14)8-5-11-17-16(19)15-10-6-12-20-15/h3-4,6-7,9-10,12H,11H2,1-2H3,(H,17,19). The molecule has 1 heterocycles. The van der Waals surface area contributed by atoms with Crippen molar-refractivity contribution in [3.05, 3.63) is 54.0 Å². The predicted octanol–water partition coefficient (Wildman–Crippen LogP) is 2.13. The van der Waals surface area contributed by atoms with Crippen molar-refractivity contribution in [2.24, 2.45) is 0 Å². The van der Waals surface area contributed by atoms with Crippen LogP contribution >= 0.6 is 0 Å². The van der Waals surface area contributed by atoms with Crippen LogP contribution in [0.2, 0.25) is 0 Å². The minimum atomic E-state index is -0.259. The van der Waals surface area contributed by atoms with Gasteiger partial charge in [0, 0.05) is 19.7 Å². The summed E-state index contributed by atoms with van der Waals surface area (Å²) >= 11 is 0. The van der Waals surface area contributed by atoms with Gasteiger partial charge >= 0.3 is 0 Å². The van der Waals surface area contributed by atoms with Gasteiger partial charge in [-0.3, -0.25) is 4.79 Å². The molecule has 0 aliphatic heterocycles. The van der Waals surface area contributed by atoms with Crippen LogP contribution in [0.25, 0.3) is 0 Å². The second kappa shape index (κ2) is 6.48. The van der Waals surface area contributed by atoms with Crippen molar-refractivity contribution in [3.8, 4) is 11.8 Å². The third-order valence-electron chi connectivity index (χ3n) is 2.69. The molecular formula is C16H16N2O2. The molecule has 0 spiro atoms. The number of furan rings is 1. The molecule has 102 valence electrons. The molecule has 0 unspecified atom stereocenters. The number of anilines is 1. The molecule has 1 amide bonds. The predicted molar refractivity (Wildman–Crippen MR) is 78.7 cm³/mol. The zero-order chi connectivity index (χ0) is 14.4. The summed E-state index contributed by atoms with van der Waals surface area (Å²) in [6.45, 7) is 0.279. The van der Waals surface area contributed by atoms with Crippen LogP contribution in [0.4, 0.5) is 5.69 Å². The second-order valence-electron chi connectivity index (χ2n) is 4.37. The van der Waals surface area contributed by atoms with E-state index < -0.39 is 0 Å². The first-order chi connectivity index (χ1) is 9.68. The summed E-state index contributed by atoms with van der Waals surface area (Å²) in [6.07, 6.45) is 1.47. The number of carbonyl (C=O) groups excluding carboxylic acids is 1. The van der Waals surface area contributed by atoms with Gasteiger partial charge in [-0.05, 0) is 24.3 Å². The van der Waals surface area contributed by atoms with E-state index in [4.69, 9.17) is 4.42 Å². The van der Waals surface area contributed by atoms with Gasteiger partial charge < -0.3 is 14.6 Å². The number of amides is 1. The van der Waals surface area contributed by atoms with E-state index in [0.717, 1.165) is 11.3 Å². The summed E-state index contributed by atoms with van der Waals surface area (Å²) < 4.78 is 4.99. The highest BCUT2D eigenvalue weighted by molar-refractivity contribution is 5.91. The maximum atomic E-state index is 11.6. The van der Waals surface area contributed by atoms with Crippen LogP contribution in [0.3, 0.4) is 0 Å². The van der Waals surface area contributed by atoms with Gasteiger partial charge in [-0.15, -0.1) is 0 Å². The van der Waals surface area contributed by atoms with Crippen LogP contribution in [0.1, 0.15) is 16.1 Å². The van der Waals surface area contributed by atoms with E-state index in [9.17, 15) is 4.79 Å². The van der Waals surface area contributed by atoms with Crippen LogP contribution in [-0.4, -0.2) is 26.5 Å². The van der Waals surface area contributed by atoms with Gasteiger partial charge in [0.15, 0.2) is 5.76 Å². The molecule has 20 heavy (non-hydrogen) atoms. The van der Waals surface area contributed by atoms with E-state index in [1.807, 2.05) is 43.3 Å². The Kier molecular flexibility index (Phi) is 4.46. The highest BCUT2D eigenvalue weighted by atomic mass is 16.3. The molecule has 0 radical (unpaired) electrons. The van der Waals surface area contributed by atoms with Gasteiger partial charge in [0.2, 0.25) is 0 Å². The molecule has 0 aliphatic carbocycles. The fourth-order valence-electron chi connectivity index (χ4n) is 1.73. The number of nitrogens with zero attached hydrogens (tertiary/aromatic N) is 1. The van der Waals surface area contributed by atoms with Gasteiger partial charge in [-0.2, -0.15) is 0 Å². The number of carbonyl (C=O) groups is 1. The Hall–Kier alpha value is -2.67. The molecule has 1 N–H and O–H groups in total. The van der Waals surface area contributed by atoms with Crippen LogP contribution < -0.4 is 10.2 Å². The van der Waals surface area contributed by atoms with Gasteiger partial charge in [0.25, 0.3) is 5.91 Å². The summed E-state index contributed by atoms with van der Waals surface area (Å²) in [6, 6.07) is 11.2. The lowest BCUT2D eigenvalue weighted by atomic mass is 10.1. The number of rotatable bonds is 3. The third-order valence-corrected chi connectivity index (χ3v) is 2.69. The number of benzene rings is 1. The van der Waals surface area contributed by atoms with Gasteiger partial charge in [-0.1, -0.05) is 24.0 Å². The monoisotopic (exact) mass is 268 g/mol. The molecule has 0 fully saturated rings. The third kappa shape index (κ3) is 3.42. The van der Waals surface area contributed by atoms with Crippen molar-refractivity contribution in [1.82, 2.24) is 5.32 Å². The molecule has 0 saturated carbocycles. The molecule has 0 atom stereocenters. The lowest BCUT2D eigenvalue weighted by Gasteiger charge is -2.13. The summed E-state index contributed by atoms with van der Waals surface area (Å²) in [4.78, 5) is 13.6. The first-order valence-electron chi connectivity index (χ1n) is 6.25. The molecule has 4 nitrogen and oxygen atoms in total. The van der Waals surface area contributed by atoms with E-state index in [-0.39, 0.29) is 12.5 Å². The Bertz CT molecular complexity index is 634. The number of nitrogens with one attached hydrogen (secondary N) is 1. The topological polar surface area (TPSA) is 45.5 Å². The van der Waals surface area contributed by atoms with E-state index in [1.165, 1.54) is 6.26 Å². The Balaban J connectivity index is 1.97. The fourth-order valence-corrected chi connectivity index (χ4v) is 1.73. The average Bonchev–Trinajstić information content (AvgIpc) is 2.98. The van der Waals surface area contributed by atoms with E-state index in [2.05, 4.69) is 17.2 Å². The quantitative estimate of drug-likeness (QED) is 0.867. The minimum absolute atomic E-state index is 0.259. The van der Waals surface area contributed by atoms with Gasteiger partial charge in [0.1, 0.15) is 0 Å². The van der Waals surface area contributed by atoms with Crippen LogP contribution in [0.5, 0.6) is 0 Å². The maximum absolute atomic E-state index is 11.6. The number of hydrogen-bond donors (Lipinski definition) is 1. The average molecular weight is 268 g/mol. The largest absolute Gasteiger partial charge is 0.459 e. The van der Waals surface area contributed by atoms with Gasteiger partial charge in [0.05, 0.1) is 18.5 Å². The Morgan fingerprint density at radius 3 is 2.75 bits per heavy atom. The van der Waals surface area contributed by atoms with Crippen molar-refractivity contribution in [3.63, 3.8) is 0 Å². The van der Waals surface area contributed by atoms with Crippen LogP contribution in [0.15, 0.2) is 47.1 Å². The van der Waals surface area contributed by atoms with Crippen LogP contribution in [0, 0.1) is 11.8 Å². The normalized spacial score (nSPS) is 9.50. The molecule has 0 bridgehead atoms. The molecule has 1 aromatic heterocycles. The second-order valence-corrected chi connectivity index (χ2v) is 4.37. The molecule has 2 rings (SSSR count). The molecule has 2 aromatic rings. The highest BCUT2D eigenvalue weighted by Gasteiger charge is 2.05.